The van der Waals surface area contributed by atoms with Crippen LogP contribution in [0.15, 0.2) is 0 Å². The molecule has 12 heavy (non-hydrogen) atoms. The highest BCUT2D eigenvalue weighted by atomic mass is 19.3. The van der Waals surface area contributed by atoms with Crippen LogP contribution in [0.4, 0.5) is 8.78 Å². The zero-order valence-electron chi connectivity index (χ0n) is 6.96. The molecule has 0 heterocycles. The van der Waals surface area contributed by atoms with Crippen LogP contribution in [0.3, 0.4) is 0 Å². The molecule has 1 N–H and O–H groups in total. The number of carbonyl (C=O) groups is 1. The molecule has 0 aliphatic rings. The maximum Gasteiger partial charge on any atom is 0.333 e. The van der Waals surface area contributed by atoms with Gasteiger partial charge in [-0.25, -0.2) is 13.6 Å². The van der Waals surface area contributed by atoms with Crippen LogP contribution in [-0.4, -0.2) is 30.2 Å². The lowest BCUT2D eigenvalue weighted by molar-refractivity contribution is -0.156. The molecule has 0 aromatic rings. The van der Waals surface area contributed by atoms with E-state index in [4.69, 9.17) is 5.11 Å². The molecule has 0 saturated heterocycles. The van der Waals surface area contributed by atoms with E-state index in [0.717, 1.165) is 0 Å². The van der Waals surface area contributed by atoms with Crippen molar-refractivity contribution in [2.75, 3.05) is 6.61 Å². The van der Waals surface area contributed by atoms with Gasteiger partial charge in [0.15, 0.2) is 6.10 Å². The largest absolute Gasteiger partial charge is 0.479 e. The predicted octanol–water partition coefficient (Wildman–Crippen LogP) is 1.38. The molecule has 5 heteroatoms. The maximum atomic E-state index is 11.6. The summed E-state index contributed by atoms with van der Waals surface area (Å²) in [4.78, 5) is 10.4. The van der Waals surface area contributed by atoms with Crippen molar-refractivity contribution in [1.29, 1.82) is 0 Å². The standard InChI is InChI=1S/C7H12F2O3/c1-4(2)6(7(10)11)12-3-5(8)9/h4-6H,3H2,1-2H3,(H,10,11). The topological polar surface area (TPSA) is 46.5 Å². The first-order chi connectivity index (χ1) is 5.45. The Bertz CT molecular complexity index is 148. The summed E-state index contributed by atoms with van der Waals surface area (Å²) in [5.74, 6) is -1.51. The van der Waals surface area contributed by atoms with Crippen LogP contribution >= 0.6 is 0 Å². The Morgan fingerprint density at radius 2 is 2.00 bits per heavy atom. The minimum Gasteiger partial charge on any atom is -0.479 e. The van der Waals surface area contributed by atoms with Crippen molar-refractivity contribution in [3.63, 3.8) is 0 Å². The Hall–Kier alpha value is -0.710. The maximum absolute atomic E-state index is 11.6. The first-order valence-corrected chi connectivity index (χ1v) is 3.57. The number of carboxylic acids is 1. The Balaban J connectivity index is 3.88. The van der Waals surface area contributed by atoms with Crippen molar-refractivity contribution in [3.8, 4) is 0 Å². The van der Waals surface area contributed by atoms with Crippen LogP contribution < -0.4 is 0 Å². The minimum absolute atomic E-state index is 0.304. The summed E-state index contributed by atoms with van der Waals surface area (Å²) in [5.41, 5.74) is 0. The molecule has 1 atom stereocenters. The summed E-state index contributed by atoms with van der Waals surface area (Å²) >= 11 is 0. The predicted molar refractivity (Wildman–Crippen MR) is 38.2 cm³/mol. The zero-order valence-corrected chi connectivity index (χ0v) is 6.96. The SMILES string of the molecule is CC(C)C(OCC(F)F)C(=O)O. The number of ether oxygens (including phenoxy) is 1. The Morgan fingerprint density at radius 1 is 1.50 bits per heavy atom. The fraction of sp³-hybridized carbons (Fsp3) is 0.857. The van der Waals surface area contributed by atoms with Crippen LogP contribution in [0.5, 0.6) is 0 Å². The van der Waals surface area contributed by atoms with Gasteiger partial charge in [0.1, 0.15) is 6.61 Å². The molecule has 0 aliphatic heterocycles. The molecule has 0 bridgehead atoms. The van der Waals surface area contributed by atoms with Gasteiger partial charge in [0.2, 0.25) is 0 Å². The third-order valence-corrected chi connectivity index (χ3v) is 1.25. The fourth-order valence-corrected chi connectivity index (χ4v) is 0.725. The summed E-state index contributed by atoms with van der Waals surface area (Å²) in [6.45, 7) is 2.38. The van der Waals surface area contributed by atoms with Crippen molar-refractivity contribution in [2.24, 2.45) is 5.92 Å². The van der Waals surface area contributed by atoms with Gasteiger partial charge in [0.25, 0.3) is 6.43 Å². The Kier molecular flexibility index (Phi) is 4.73. The van der Waals surface area contributed by atoms with Gasteiger partial charge in [-0.3, -0.25) is 0 Å². The second-order valence-electron chi connectivity index (χ2n) is 2.73. The van der Waals surface area contributed by atoms with Crippen LogP contribution in [0, 0.1) is 5.92 Å². The smallest absolute Gasteiger partial charge is 0.333 e. The van der Waals surface area contributed by atoms with Gasteiger partial charge in [-0.15, -0.1) is 0 Å². The molecule has 0 fully saturated rings. The highest BCUT2D eigenvalue weighted by Gasteiger charge is 2.23. The van der Waals surface area contributed by atoms with E-state index in [9.17, 15) is 13.6 Å². The van der Waals surface area contributed by atoms with Gasteiger partial charge in [0.05, 0.1) is 0 Å². The molecular formula is C7H12F2O3. The van der Waals surface area contributed by atoms with Crippen molar-refractivity contribution in [1.82, 2.24) is 0 Å². The number of hydrogen-bond acceptors (Lipinski definition) is 2. The third kappa shape index (κ3) is 4.23. The van der Waals surface area contributed by atoms with Gasteiger partial charge in [-0.1, -0.05) is 13.8 Å². The zero-order chi connectivity index (χ0) is 9.72. The quantitative estimate of drug-likeness (QED) is 0.698. The lowest BCUT2D eigenvalue weighted by Crippen LogP contribution is -2.31. The van der Waals surface area contributed by atoms with E-state index in [1.807, 2.05) is 0 Å². The number of carboxylic acid groups (broad SMARTS) is 1. The molecule has 0 saturated carbocycles. The average molecular weight is 182 g/mol. The van der Waals surface area contributed by atoms with E-state index >= 15 is 0 Å². The van der Waals surface area contributed by atoms with E-state index in [-0.39, 0.29) is 5.92 Å². The third-order valence-electron chi connectivity index (χ3n) is 1.25. The molecule has 0 amide bonds. The van der Waals surface area contributed by atoms with Crippen LogP contribution in [0.25, 0.3) is 0 Å². The molecule has 0 spiro atoms. The van der Waals surface area contributed by atoms with Gasteiger partial charge >= 0.3 is 5.97 Å². The monoisotopic (exact) mass is 182 g/mol. The first-order valence-electron chi connectivity index (χ1n) is 3.57. The Morgan fingerprint density at radius 3 is 2.25 bits per heavy atom. The number of aliphatic carboxylic acids is 1. The van der Waals surface area contributed by atoms with Gasteiger partial charge in [-0.2, -0.15) is 0 Å². The minimum atomic E-state index is -2.62. The summed E-state index contributed by atoms with van der Waals surface area (Å²) < 4.78 is 27.7. The van der Waals surface area contributed by atoms with Gasteiger partial charge < -0.3 is 9.84 Å². The highest BCUT2D eigenvalue weighted by Crippen LogP contribution is 2.08. The summed E-state index contributed by atoms with van der Waals surface area (Å²) in [7, 11) is 0. The second kappa shape index (κ2) is 5.03. The lowest BCUT2D eigenvalue weighted by atomic mass is 10.1. The van der Waals surface area contributed by atoms with Gasteiger partial charge in [0, 0.05) is 0 Å². The number of hydrogen-bond donors (Lipinski definition) is 1. The summed E-state index contributed by atoms with van der Waals surface area (Å²) in [6.07, 6.45) is -3.76. The molecule has 0 aliphatic carbocycles. The van der Waals surface area contributed by atoms with E-state index in [1.54, 1.807) is 13.8 Å². The van der Waals surface area contributed by atoms with Crippen molar-refractivity contribution < 1.29 is 23.4 Å². The summed E-state index contributed by atoms with van der Waals surface area (Å²) in [5, 5.41) is 8.49. The average Bonchev–Trinajstić information content (AvgIpc) is 1.84. The van der Waals surface area contributed by atoms with Crippen LogP contribution in [0.2, 0.25) is 0 Å². The lowest BCUT2D eigenvalue weighted by Gasteiger charge is -2.16. The normalized spacial score (nSPS) is 13.8. The van der Waals surface area contributed by atoms with Crippen molar-refractivity contribution in [3.05, 3.63) is 0 Å². The molecule has 72 valence electrons. The second-order valence-corrected chi connectivity index (χ2v) is 2.73. The molecule has 1 unspecified atom stereocenters. The van der Waals surface area contributed by atoms with E-state index in [0.29, 0.717) is 0 Å². The number of alkyl halides is 2. The van der Waals surface area contributed by atoms with Gasteiger partial charge in [-0.05, 0) is 5.92 Å². The molecule has 3 nitrogen and oxygen atoms in total. The molecule has 0 aromatic carbocycles. The number of halogens is 2. The van der Waals surface area contributed by atoms with E-state index in [1.165, 1.54) is 0 Å². The van der Waals surface area contributed by atoms with E-state index < -0.39 is 25.1 Å². The molecule has 0 radical (unpaired) electrons. The van der Waals surface area contributed by atoms with E-state index in [2.05, 4.69) is 4.74 Å². The van der Waals surface area contributed by atoms with Crippen molar-refractivity contribution >= 4 is 5.97 Å². The highest BCUT2D eigenvalue weighted by molar-refractivity contribution is 5.72. The molecular weight excluding hydrogens is 170 g/mol. The summed E-state index contributed by atoms with van der Waals surface area (Å²) in [6, 6.07) is 0. The number of rotatable bonds is 5. The molecule has 0 rings (SSSR count). The molecule has 0 aromatic heterocycles. The fourth-order valence-electron chi connectivity index (χ4n) is 0.725. The van der Waals surface area contributed by atoms with Crippen LogP contribution in [0.1, 0.15) is 13.8 Å². The van der Waals surface area contributed by atoms with Crippen molar-refractivity contribution in [2.45, 2.75) is 26.4 Å². The Labute approximate surface area is 69.3 Å². The van der Waals surface area contributed by atoms with Crippen LogP contribution in [-0.2, 0) is 9.53 Å². The first kappa shape index (κ1) is 11.3.